The molecule has 3 rings (SSSR count). The monoisotopic (exact) mass is 312 g/mol. The summed E-state index contributed by atoms with van der Waals surface area (Å²) in [6.45, 7) is 2.55. The second-order valence-electron chi connectivity index (χ2n) is 5.40. The van der Waals surface area contributed by atoms with Crippen LogP contribution in [-0.4, -0.2) is 37.6 Å². The number of hydrogen-bond acceptors (Lipinski definition) is 5. The van der Waals surface area contributed by atoms with Gasteiger partial charge in [-0.15, -0.1) is 0 Å². The van der Waals surface area contributed by atoms with Gasteiger partial charge in [-0.25, -0.2) is 4.98 Å². The summed E-state index contributed by atoms with van der Waals surface area (Å²) >= 11 is 0. The largest absolute Gasteiger partial charge is 0.491 e. The Labute approximate surface area is 135 Å². The number of morpholine rings is 1. The van der Waals surface area contributed by atoms with Gasteiger partial charge < -0.3 is 14.8 Å². The smallest absolute Gasteiger partial charge is 0.168 e. The lowest BCUT2D eigenvalue weighted by Crippen LogP contribution is -2.35. The molecule has 0 spiro atoms. The maximum Gasteiger partial charge on any atom is 0.168 e. The Kier molecular flexibility index (Phi) is 5.34. The third kappa shape index (κ3) is 4.15. The van der Waals surface area contributed by atoms with Crippen LogP contribution in [0.4, 0.5) is 0 Å². The van der Waals surface area contributed by atoms with Crippen LogP contribution in [0.2, 0.25) is 0 Å². The molecule has 1 atom stereocenters. The van der Waals surface area contributed by atoms with Crippen molar-refractivity contribution in [2.75, 3.05) is 26.4 Å². The van der Waals surface area contributed by atoms with E-state index in [9.17, 15) is 4.79 Å². The number of nitrogens with zero attached hydrogens (tertiary/aromatic N) is 1. The van der Waals surface area contributed by atoms with Crippen molar-refractivity contribution in [3.8, 4) is 5.75 Å². The molecular formula is C18H20N2O3. The second kappa shape index (κ2) is 7.85. The minimum absolute atomic E-state index is 0.0459. The summed E-state index contributed by atoms with van der Waals surface area (Å²) < 4.78 is 11.4. The number of ether oxygens (including phenoxy) is 2. The lowest BCUT2D eigenvalue weighted by molar-refractivity contribution is 0.0743. The standard InChI is InChI=1S/C18H20N2O3/c21-12-15-6-7-17(18(20-15)16-13-22-11-9-19-16)23-10-8-14-4-2-1-3-5-14/h1-7,12,16,19H,8-11,13H2. The van der Waals surface area contributed by atoms with E-state index < -0.39 is 0 Å². The number of aromatic nitrogens is 1. The van der Waals surface area contributed by atoms with Gasteiger partial charge >= 0.3 is 0 Å². The molecule has 5 nitrogen and oxygen atoms in total. The average Bonchev–Trinajstić information content (AvgIpc) is 2.63. The summed E-state index contributed by atoms with van der Waals surface area (Å²) in [5, 5.41) is 3.35. The topological polar surface area (TPSA) is 60.5 Å². The molecule has 1 saturated heterocycles. The summed E-state index contributed by atoms with van der Waals surface area (Å²) in [5.74, 6) is 0.703. The van der Waals surface area contributed by atoms with E-state index in [-0.39, 0.29) is 6.04 Å². The molecule has 1 aromatic heterocycles. The molecule has 0 bridgehead atoms. The Hall–Kier alpha value is -2.24. The Bertz CT molecular complexity index is 640. The van der Waals surface area contributed by atoms with Gasteiger partial charge in [0.15, 0.2) is 6.29 Å². The Morgan fingerprint density at radius 3 is 2.87 bits per heavy atom. The van der Waals surface area contributed by atoms with E-state index in [1.807, 2.05) is 24.3 Å². The number of nitrogens with one attached hydrogen (secondary N) is 1. The third-order valence-electron chi connectivity index (χ3n) is 3.77. The normalized spacial score (nSPS) is 17.7. The van der Waals surface area contributed by atoms with Gasteiger partial charge in [0.25, 0.3) is 0 Å². The molecule has 5 heteroatoms. The molecule has 2 heterocycles. The Morgan fingerprint density at radius 1 is 1.26 bits per heavy atom. The molecular weight excluding hydrogens is 292 g/mol. The van der Waals surface area contributed by atoms with Gasteiger partial charge in [-0.3, -0.25) is 4.79 Å². The zero-order chi connectivity index (χ0) is 15.9. The van der Waals surface area contributed by atoms with E-state index in [0.717, 1.165) is 24.9 Å². The summed E-state index contributed by atoms with van der Waals surface area (Å²) in [5.41, 5.74) is 2.37. The molecule has 1 fully saturated rings. The van der Waals surface area contributed by atoms with Gasteiger partial charge in [-0.1, -0.05) is 30.3 Å². The molecule has 0 radical (unpaired) electrons. The van der Waals surface area contributed by atoms with Crippen LogP contribution in [0.1, 0.15) is 27.8 Å². The summed E-state index contributed by atoms with van der Waals surface area (Å²) in [6, 6.07) is 13.6. The summed E-state index contributed by atoms with van der Waals surface area (Å²) in [7, 11) is 0. The summed E-state index contributed by atoms with van der Waals surface area (Å²) in [6.07, 6.45) is 1.57. The highest BCUT2D eigenvalue weighted by atomic mass is 16.5. The first-order valence-electron chi connectivity index (χ1n) is 7.81. The predicted octanol–water partition coefficient (Wildman–Crippen LogP) is 2.18. The van der Waals surface area contributed by atoms with Crippen LogP contribution in [0.3, 0.4) is 0 Å². The predicted molar refractivity (Wildman–Crippen MR) is 86.8 cm³/mol. The highest BCUT2D eigenvalue weighted by molar-refractivity contribution is 5.72. The highest BCUT2D eigenvalue weighted by Crippen LogP contribution is 2.25. The number of pyridine rings is 1. The second-order valence-corrected chi connectivity index (χ2v) is 5.40. The molecule has 120 valence electrons. The van der Waals surface area contributed by atoms with Gasteiger partial charge in [0.2, 0.25) is 0 Å². The van der Waals surface area contributed by atoms with Crippen LogP contribution < -0.4 is 10.1 Å². The maximum absolute atomic E-state index is 11.0. The Morgan fingerprint density at radius 2 is 2.13 bits per heavy atom. The van der Waals surface area contributed by atoms with E-state index >= 15 is 0 Å². The van der Waals surface area contributed by atoms with Crippen LogP contribution in [0, 0.1) is 0 Å². The van der Waals surface area contributed by atoms with Crippen LogP contribution in [0.25, 0.3) is 0 Å². The van der Waals surface area contributed by atoms with Crippen LogP contribution in [0.5, 0.6) is 5.75 Å². The number of hydrogen-bond donors (Lipinski definition) is 1. The molecule has 0 saturated carbocycles. The van der Waals surface area contributed by atoms with Crippen LogP contribution in [0.15, 0.2) is 42.5 Å². The van der Waals surface area contributed by atoms with Crippen molar-refractivity contribution >= 4 is 6.29 Å². The van der Waals surface area contributed by atoms with E-state index in [1.165, 1.54) is 5.56 Å². The van der Waals surface area contributed by atoms with Gasteiger partial charge in [-0.2, -0.15) is 0 Å². The number of aldehydes is 1. The average molecular weight is 312 g/mol. The molecule has 1 aliphatic rings. The minimum atomic E-state index is -0.0459. The lowest BCUT2D eigenvalue weighted by Gasteiger charge is -2.25. The molecule has 0 aliphatic carbocycles. The molecule has 1 aliphatic heterocycles. The van der Waals surface area contributed by atoms with Gasteiger partial charge in [-0.05, 0) is 17.7 Å². The zero-order valence-electron chi connectivity index (χ0n) is 12.9. The molecule has 23 heavy (non-hydrogen) atoms. The third-order valence-corrected chi connectivity index (χ3v) is 3.77. The minimum Gasteiger partial charge on any atom is -0.491 e. The molecule has 1 unspecified atom stereocenters. The number of rotatable bonds is 6. The van der Waals surface area contributed by atoms with Crippen molar-refractivity contribution < 1.29 is 14.3 Å². The van der Waals surface area contributed by atoms with Gasteiger partial charge in [0, 0.05) is 13.0 Å². The van der Waals surface area contributed by atoms with E-state index in [2.05, 4.69) is 22.4 Å². The molecule has 0 amide bonds. The molecule has 1 aromatic carbocycles. The fourth-order valence-corrected chi connectivity index (χ4v) is 2.58. The van der Waals surface area contributed by atoms with Crippen molar-refractivity contribution in [2.45, 2.75) is 12.5 Å². The number of carbonyl (C=O) groups is 1. The first-order valence-corrected chi connectivity index (χ1v) is 7.81. The Balaban J connectivity index is 1.71. The SMILES string of the molecule is O=Cc1ccc(OCCc2ccccc2)c(C2COCCN2)n1. The highest BCUT2D eigenvalue weighted by Gasteiger charge is 2.21. The van der Waals surface area contributed by atoms with Crippen molar-refractivity contribution in [1.82, 2.24) is 10.3 Å². The molecule has 1 N–H and O–H groups in total. The van der Waals surface area contributed by atoms with E-state index in [0.29, 0.717) is 31.3 Å². The first-order chi connectivity index (χ1) is 11.4. The number of carbonyl (C=O) groups excluding carboxylic acids is 1. The molecule has 2 aromatic rings. The number of benzene rings is 1. The lowest BCUT2D eigenvalue weighted by atomic mass is 10.1. The van der Waals surface area contributed by atoms with Gasteiger partial charge in [0.1, 0.15) is 17.1 Å². The van der Waals surface area contributed by atoms with Crippen molar-refractivity contribution in [3.63, 3.8) is 0 Å². The van der Waals surface area contributed by atoms with Crippen LogP contribution in [-0.2, 0) is 11.2 Å². The fourth-order valence-electron chi connectivity index (χ4n) is 2.58. The van der Waals surface area contributed by atoms with Crippen molar-refractivity contribution in [2.24, 2.45) is 0 Å². The maximum atomic E-state index is 11.0. The zero-order valence-corrected chi connectivity index (χ0v) is 12.9. The van der Waals surface area contributed by atoms with E-state index in [4.69, 9.17) is 9.47 Å². The van der Waals surface area contributed by atoms with Crippen molar-refractivity contribution in [1.29, 1.82) is 0 Å². The van der Waals surface area contributed by atoms with Crippen LogP contribution >= 0.6 is 0 Å². The van der Waals surface area contributed by atoms with Gasteiger partial charge in [0.05, 0.1) is 25.9 Å². The summed E-state index contributed by atoms with van der Waals surface area (Å²) in [4.78, 5) is 15.4. The van der Waals surface area contributed by atoms with Crippen molar-refractivity contribution in [3.05, 3.63) is 59.4 Å². The fraction of sp³-hybridized carbons (Fsp3) is 0.333. The quantitative estimate of drug-likeness (QED) is 0.829. The first kappa shape index (κ1) is 15.6. The van der Waals surface area contributed by atoms with E-state index in [1.54, 1.807) is 6.07 Å².